The first-order chi connectivity index (χ1) is 11.8. The molecule has 0 spiro atoms. The molecule has 1 aromatic carbocycles. The van der Waals surface area contributed by atoms with Crippen molar-refractivity contribution < 1.29 is 23.9 Å². The quantitative estimate of drug-likeness (QED) is 0.858. The largest absolute Gasteiger partial charge is 0.455 e. The third kappa shape index (κ3) is 2.96. The van der Waals surface area contributed by atoms with E-state index in [4.69, 9.17) is 9.47 Å². The molecule has 0 fully saturated rings. The van der Waals surface area contributed by atoms with Crippen LogP contribution >= 0.6 is 0 Å². The molecule has 1 unspecified atom stereocenters. The molecule has 2 aromatic rings. The topological polar surface area (TPSA) is 94.6 Å². The molecule has 2 heterocycles. The van der Waals surface area contributed by atoms with Gasteiger partial charge in [-0.05, 0) is 19.1 Å². The number of hydrogen-bond acceptors (Lipinski definition) is 6. The van der Waals surface area contributed by atoms with Gasteiger partial charge in [-0.15, -0.1) is 0 Å². The van der Waals surface area contributed by atoms with Crippen LogP contribution in [0.3, 0.4) is 0 Å². The maximum absolute atomic E-state index is 12.8. The van der Waals surface area contributed by atoms with E-state index in [9.17, 15) is 14.4 Å². The Bertz CT molecular complexity index is 934. The summed E-state index contributed by atoms with van der Waals surface area (Å²) < 4.78 is 10.6. The predicted molar refractivity (Wildman–Crippen MR) is 87.8 cm³/mol. The van der Waals surface area contributed by atoms with Crippen molar-refractivity contribution in [3.63, 3.8) is 0 Å². The number of esters is 1. The Kier molecular flexibility index (Phi) is 4.00. The number of nitrogens with zero attached hydrogens (tertiary/aromatic N) is 1. The molecule has 0 aliphatic carbocycles. The molecule has 128 valence electrons. The third-order valence-corrected chi connectivity index (χ3v) is 3.77. The fraction of sp³-hybridized carbons (Fsp3) is 0.222. The fourth-order valence-electron chi connectivity index (χ4n) is 2.60. The number of rotatable bonds is 3. The summed E-state index contributed by atoms with van der Waals surface area (Å²) in [5.41, 5.74) is -0.465. The monoisotopic (exact) mass is 340 g/mol. The normalized spacial score (nSPS) is 19.7. The average molecular weight is 340 g/mol. The van der Waals surface area contributed by atoms with Crippen LogP contribution in [-0.4, -0.2) is 22.6 Å². The van der Waals surface area contributed by atoms with E-state index in [-0.39, 0.29) is 11.6 Å². The number of Topliss-reactive ketones (excluding diaryl/α,β-unsaturated/α-hetero) is 1. The first kappa shape index (κ1) is 16.6. The number of nitrogens with one attached hydrogen (secondary N) is 1. The van der Waals surface area contributed by atoms with Gasteiger partial charge < -0.3 is 9.47 Å². The minimum absolute atomic E-state index is 0.190. The summed E-state index contributed by atoms with van der Waals surface area (Å²) in [6, 6.07) is 10.9. The van der Waals surface area contributed by atoms with Crippen LogP contribution in [0.5, 0.6) is 0 Å². The Balaban J connectivity index is 2.04. The summed E-state index contributed by atoms with van der Waals surface area (Å²) in [5, 5.41) is 3.29. The summed E-state index contributed by atoms with van der Waals surface area (Å²) in [7, 11) is 0. The van der Waals surface area contributed by atoms with Crippen molar-refractivity contribution in [2.45, 2.75) is 26.4 Å². The first-order valence-corrected chi connectivity index (χ1v) is 7.61. The maximum atomic E-state index is 12.8. The van der Waals surface area contributed by atoms with Crippen LogP contribution in [-0.2, 0) is 29.5 Å². The second-order valence-electron chi connectivity index (χ2n) is 5.79. The summed E-state index contributed by atoms with van der Waals surface area (Å²) in [4.78, 5) is 40.0. The molecule has 0 radical (unpaired) electrons. The van der Waals surface area contributed by atoms with E-state index in [0.29, 0.717) is 11.2 Å². The molecule has 1 N–H and O–H groups in total. The average Bonchev–Trinajstić information content (AvgIpc) is 2.79. The number of amides is 1. The summed E-state index contributed by atoms with van der Waals surface area (Å²) in [5.74, 6) is -2.26. The summed E-state index contributed by atoms with van der Waals surface area (Å²) in [6.07, 6.45) is 0. The fourth-order valence-corrected chi connectivity index (χ4v) is 2.60. The highest BCUT2D eigenvalue weighted by Gasteiger charge is 2.50. The zero-order valence-electron chi connectivity index (χ0n) is 14.0. The number of hydrogen-bond donors (Lipinski definition) is 1. The summed E-state index contributed by atoms with van der Waals surface area (Å²) in [6.45, 7) is 3.94. The van der Waals surface area contributed by atoms with Gasteiger partial charge >= 0.3 is 5.97 Å². The van der Waals surface area contributed by atoms with Gasteiger partial charge in [0.25, 0.3) is 5.78 Å². The van der Waals surface area contributed by atoms with E-state index < -0.39 is 23.3 Å². The lowest BCUT2D eigenvalue weighted by Gasteiger charge is -2.22. The molecular formula is C18H16N2O5. The number of carbonyl (C=O) groups is 3. The Morgan fingerprint density at radius 2 is 1.88 bits per heavy atom. The minimum atomic E-state index is -1.51. The molecule has 0 saturated carbocycles. The second kappa shape index (κ2) is 6.01. The van der Waals surface area contributed by atoms with Crippen LogP contribution in [0.1, 0.15) is 26.5 Å². The van der Waals surface area contributed by atoms with Crippen molar-refractivity contribution in [2.75, 3.05) is 0 Å². The van der Waals surface area contributed by atoms with E-state index in [1.54, 1.807) is 6.07 Å². The van der Waals surface area contributed by atoms with Crippen molar-refractivity contribution in [1.82, 2.24) is 10.3 Å². The first-order valence-electron chi connectivity index (χ1n) is 7.61. The highest BCUT2D eigenvalue weighted by Crippen LogP contribution is 2.38. The molecule has 1 aliphatic rings. The molecule has 3 rings (SSSR count). The highest BCUT2D eigenvalue weighted by atomic mass is 16.6. The SMILES string of the molecule is CC(=O)NC1=C(OC(C)=O)C(=O)C(C)(c2ccc3ccccc3n2)O1. The minimum Gasteiger partial charge on any atom is -0.455 e. The van der Waals surface area contributed by atoms with Gasteiger partial charge in [0.05, 0.1) is 11.2 Å². The van der Waals surface area contributed by atoms with E-state index in [1.165, 1.54) is 13.8 Å². The Morgan fingerprint density at radius 1 is 1.16 bits per heavy atom. The van der Waals surface area contributed by atoms with Crippen molar-refractivity contribution in [3.8, 4) is 0 Å². The standard InChI is InChI=1S/C18H16N2O5/c1-10(21)19-17-15(24-11(2)22)16(23)18(3,25-17)14-9-8-12-6-4-5-7-13(12)20-14/h4-9H,1-3H3,(H,19,21). The van der Waals surface area contributed by atoms with Gasteiger partial charge in [-0.25, -0.2) is 4.98 Å². The van der Waals surface area contributed by atoms with Gasteiger partial charge in [0, 0.05) is 19.2 Å². The van der Waals surface area contributed by atoms with E-state index in [1.807, 2.05) is 30.3 Å². The number of carbonyl (C=O) groups excluding carboxylic acids is 3. The smallest absolute Gasteiger partial charge is 0.308 e. The van der Waals surface area contributed by atoms with Gasteiger partial charge in [-0.1, -0.05) is 24.3 Å². The van der Waals surface area contributed by atoms with Gasteiger partial charge in [0.15, 0.2) is 0 Å². The van der Waals surface area contributed by atoms with Gasteiger partial charge in [-0.2, -0.15) is 0 Å². The number of para-hydroxylation sites is 1. The molecule has 1 aliphatic heterocycles. The Labute approximate surface area is 143 Å². The second-order valence-corrected chi connectivity index (χ2v) is 5.79. The molecule has 1 amide bonds. The van der Waals surface area contributed by atoms with Crippen molar-refractivity contribution in [2.24, 2.45) is 0 Å². The van der Waals surface area contributed by atoms with E-state index >= 15 is 0 Å². The van der Waals surface area contributed by atoms with Gasteiger partial charge in [0.1, 0.15) is 0 Å². The number of ketones is 1. The molecule has 25 heavy (non-hydrogen) atoms. The number of ether oxygens (including phenoxy) is 2. The molecule has 1 aromatic heterocycles. The van der Waals surface area contributed by atoms with Gasteiger partial charge in [-0.3, -0.25) is 19.7 Å². The van der Waals surface area contributed by atoms with Crippen molar-refractivity contribution in [3.05, 3.63) is 53.7 Å². The van der Waals surface area contributed by atoms with Crippen molar-refractivity contribution in [1.29, 1.82) is 0 Å². The maximum Gasteiger partial charge on any atom is 0.308 e. The van der Waals surface area contributed by atoms with E-state index in [2.05, 4.69) is 10.3 Å². The van der Waals surface area contributed by atoms with Crippen LogP contribution in [0.25, 0.3) is 10.9 Å². The number of benzene rings is 1. The van der Waals surface area contributed by atoms with Crippen LogP contribution in [0.4, 0.5) is 0 Å². The van der Waals surface area contributed by atoms with Crippen LogP contribution in [0, 0.1) is 0 Å². The van der Waals surface area contributed by atoms with Crippen LogP contribution in [0.2, 0.25) is 0 Å². The molecule has 0 saturated heterocycles. The summed E-state index contributed by atoms with van der Waals surface area (Å²) >= 11 is 0. The molecule has 0 bridgehead atoms. The number of fused-ring (bicyclic) bond motifs is 1. The lowest BCUT2D eigenvalue weighted by molar-refractivity contribution is -0.142. The Hall–Kier alpha value is -3.22. The zero-order chi connectivity index (χ0) is 18.2. The number of aromatic nitrogens is 1. The third-order valence-electron chi connectivity index (χ3n) is 3.77. The lowest BCUT2D eigenvalue weighted by Crippen LogP contribution is -2.33. The van der Waals surface area contributed by atoms with Crippen LogP contribution < -0.4 is 5.32 Å². The van der Waals surface area contributed by atoms with Crippen LogP contribution in [0.15, 0.2) is 48.0 Å². The molecular weight excluding hydrogens is 324 g/mol. The van der Waals surface area contributed by atoms with Crippen molar-refractivity contribution >= 4 is 28.6 Å². The molecule has 7 heteroatoms. The highest BCUT2D eigenvalue weighted by molar-refractivity contribution is 6.04. The molecule has 7 nitrogen and oxygen atoms in total. The predicted octanol–water partition coefficient (Wildman–Crippen LogP) is 1.92. The zero-order valence-corrected chi connectivity index (χ0v) is 14.0. The Morgan fingerprint density at radius 3 is 2.56 bits per heavy atom. The number of pyridine rings is 1. The van der Waals surface area contributed by atoms with Gasteiger partial charge in [0.2, 0.25) is 23.2 Å². The molecule has 1 atom stereocenters. The van der Waals surface area contributed by atoms with E-state index in [0.717, 1.165) is 12.3 Å². The lowest BCUT2D eigenvalue weighted by atomic mass is 9.95.